The molecule has 0 aromatic carbocycles. The van der Waals surface area contributed by atoms with Gasteiger partial charge in [-0.3, -0.25) is 9.36 Å². The fourth-order valence-corrected chi connectivity index (χ4v) is 3.31. The van der Waals surface area contributed by atoms with E-state index in [1.807, 2.05) is 11.6 Å². The van der Waals surface area contributed by atoms with Crippen molar-refractivity contribution >= 4 is 34.7 Å². The van der Waals surface area contributed by atoms with Crippen LogP contribution < -0.4 is 5.32 Å². The van der Waals surface area contributed by atoms with Gasteiger partial charge in [0.25, 0.3) is 5.91 Å². The molecule has 0 spiro atoms. The minimum atomic E-state index is -4.89. The Hall–Kier alpha value is -2.22. The zero-order valence-corrected chi connectivity index (χ0v) is 15.2. The first-order valence-corrected chi connectivity index (χ1v) is 9.30. The van der Waals surface area contributed by atoms with E-state index in [2.05, 4.69) is 21.5 Å². The molecular weight excluding hydrogens is 403 g/mol. The molecule has 3 N–H and O–H groups in total. The smallest absolute Gasteiger partial charge is 0.387 e. The lowest BCUT2D eigenvalue weighted by atomic mass is 10.1. The Bertz CT molecular complexity index is 905. The van der Waals surface area contributed by atoms with E-state index < -0.39 is 42.2 Å². The third-order valence-corrected chi connectivity index (χ3v) is 4.81. The van der Waals surface area contributed by atoms with Gasteiger partial charge in [-0.15, -0.1) is 0 Å². The van der Waals surface area contributed by atoms with Gasteiger partial charge in [-0.1, -0.05) is 6.58 Å². The number of fused-ring (bicyclic) bond motifs is 1. The van der Waals surface area contributed by atoms with Gasteiger partial charge in [0.1, 0.15) is 24.1 Å². The summed E-state index contributed by atoms with van der Waals surface area (Å²) in [6.07, 6.45) is -4.86. The van der Waals surface area contributed by atoms with Gasteiger partial charge in [0.05, 0.1) is 12.4 Å². The second-order valence-corrected chi connectivity index (χ2v) is 6.89. The van der Waals surface area contributed by atoms with Gasteiger partial charge >= 0.3 is 6.18 Å². The van der Waals surface area contributed by atoms with Crippen LogP contribution in [0.3, 0.4) is 0 Å². The summed E-state index contributed by atoms with van der Waals surface area (Å²) >= 11 is 1.43. The van der Waals surface area contributed by atoms with Crippen molar-refractivity contribution < 1.29 is 32.9 Å². The summed E-state index contributed by atoms with van der Waals surface area (Å²) in [7, 11) is 0. The van der Waals surface area contributed by atoms with Crippen molar-refractivity contribution in [2.75, 3.05) is 17.3 Å². The third kappa shape index (κ3) is 3.70. The zero-order valence-electron chi connectivity index (χ0n) is 14.4. The van der Waals surface area contributed by atoms with Gasteiger partial charge in [0, 0.05) is 5.75 Å². The molecule has 0 bridgehead atoms. The number of aliphatic hydroxyl groups is 2. The Kier molecular flexibility index (Phi) is 5.61. The molecule has 2 aromatic rings. The number of carbonyl (C=O) groups is 1. The predicted molar refractivity (Wildman–Crippen MR) is 93.5 cm³/mol. The Morgan fingerprint density at radius 2 is 2.07 bits per heavy atom. The fraction of sp³-hybridized carbons (Fsp3) is 0.467. The number of alkyl halides is 3. The number of hydrogen-bond acceptors (Lipinski definition) is 8. The van der Waals surface area contributed by atoms with Crippen LogP contribution in [0.2, 0.25) is 0 Å². The van der Waals surface area contributed by atoms with Crippen molar-refractivity contribution in [3.8, 4) is 0 Å². The third-order valence-electron chi connectivity index (χ3n) is 4.15. The van der Waals surface area contributed by atoms with E-state index in [9.17, 15) is 28.2 Å². The summed E-state index contributed by atoms with van der Waals surface area (Å²) in [5.74, 6) is -1.29. The maximum absolute atomic E-state index is 12.6. The Balaban J connectivity index is 1.90. The normalized spacial score (nSPS) is 25.2. The zero-order chi connectivity index (χ0) is 20.6. The predicted octanol–water partition coefficient (Wildman–Crippen LogP) is 0.865. The summed E-state index contributed by atoms with van der Waals surface area (Å²) in [6, 6.07) is 0. The van der Waals surface area contributed by atoms with Gasteiger partial charge in [0.2, 0.25) is 0 Å². The summed E-state index contributed by atoms with van der Waals surface area (Å²) < 4.78 is 44.9. The van der Waals surface area contributed by atoms with E-state index >= 15 is 0 Å². The topological polar surface area (TPSA) is 122 Å². The summed E-state index contributed by atoms with van der Waals surface area (Å²) in [6.45, 7) is 2.73. The molecule has 1 saturated heterocycles. The number of aromatic nitrogens is 4. The molecule has 1 aliphatic rings. The number of nitrogens with zero attached hydrogens (tertiary/aromatic N) is 4. The Morgan fingerprint density at radius 3 is 2.71 bits per heavy atom. The maximum atomic E-state index is 12.6. The average Bonchev–Trinajstić information content (AvgIpc) is 3.18. The standard InChI is InChI=1S/C15H16F3N5O4S/c1-6(15(16,17)18)13(26)22-11-8-12(20-4-19-11)23(5-21-8)14-10(25)9(24)7(27-14)3-28-2/h4-5,7,9-10,14,24-25H,1,3H2,2H3,(H,19,20,22,26)/t7-,9-,10-,14-/m1/s1. The molecule has 152 valence electrons. The average molecular weight is 419 g/mol. The maximum Gasteiger partial charge on any atom is 0.421 e. The lowest BCUT2D eigenvalue weighted by Crippen LogP contribution is -2.32. The van der Waals surface area contributed by atoms with E-state index in [1.54, 1.807) is 0 Å². The number of ether oxygens (including phenoxy) is 1. The highest BCUT2D eigenvalue weighted by molar-refractivity contribution is 7.98. The second-order valence-electron chi connectivity index (χ2n) is 5.98. The van der Waals surface area contributed by atoms with Gasteiger partial charge in [0.15, 0.2) is 23.2 Å². The number of aliphatic hydroxyl groups excluding tert-OH is 2. The highest BCUT2D eigenvalue weighted by Crippen LogP contribution is 2.33. The van der Waals surface area contributed by atoms with E-state index in [1.165, 1.54) is 22.7 Å². The highest BCUT2D eigenvalue weighted by Gasteiger charge is 2.44. The number of hydrogen-bond donors (Lipinski definition) is 3. The molecule has 4 atom stereocenters. The number of imidazole rings is 1. The quantitative estimate of drug-likeness (QED) is 0.610. The van der Waals surface area contributed by atoms with Crippen LogP contribution in [0.5, 0.6) is 0 Å². The number of nitrogens with one attached hydrogen (secondary N) is 1. The number of thioether (sulfide) groups is 1. The van der Waals surface area contributed by atoms with Gasteiger partial charge in [-0.05, 0) is 6.26 Å². The van der Waals surface area contributed by atoms with E-state index in [4.69, 9.17) is 4.74 Å². The molecule has 0 radical (unpaired) electrons. The van der Waals surface area contributed by atoms with Crippen LogP contribution in [0.4, 0.5) is 19.0 Å². The SMILES string of the molecule is C=C(C(=O)Nc1ncnc2c1ncn2[C@@H]1O[C@H](CSC)[C@@H](O)[C@H]1O)C(F)(F)F. The molecule has 0 aliphatic carbocycles. The van der Waals surface area contributed by atoms with Crippen LogP contribution in [0, 0.1) is 0 Å². The molecule has 3 heterocycles. The first kappa shape index (κ1) is 20.5. The molecule has 28 heavy (non-hydrogen) atoms. The van der Waals surface area contributed by atoms with Crippen LogP contribution in [0.1, 0.15) is 6.23 Å². The number of carbonyl (C=O) groups excluding carboxylic acids is 1. The number of anilines is 1. The van der Waals surface area contributed by atoms with Gasteiger partial charge < -0.3 is 20.3 Å². The largest absolute Gasteiger partial charge is 0.421 e. The molecule has 1 aliphatic heterocycles. The molecule has 1 fully saturated rings. The second kappa shape index (κ2) is 7.66. The Morgan fingerprint density at radius 1 is 1.36 bits per heavy atom. The van der Waals surface area contributed by atoms with E-state index in [0.29, 0.717) is 5.75 Å². The molecule has 1 amide bonds. The highest BCUT2D eigenvalue weighted by atomic mass is 32.2. The van der Waals surface area contributed by atoms with Crippen LogP contribution in [-0.4, -0.2) is 72.1 Å². The lowest BCUT2D eigenvalue weighted by molar-refractivity contribution is -0.126. The summed E-state index contributed by atoms with van der Waals surface area (Å²) in [5.41, 5.74) is -1.50. The molecular formula is C15H16F3N5O4S. The minimum Gasteiger partial charge on any atom is -0.387 e. The molecule has 9 nitrogen and oxygen atoms in total. The molecule has 2 aromatic heterocycles. The van der Waals surface area contributed by atoms with Crippen molar-refractivity contribution in [2.45, 2.75) is 30.7 Å². The van der Waals surface area contributed by atoms with E-state index in [-0.39, 0.29) is 17.0 Å². The van der Waals surface area contributed by atoms with Crippen molar-refractivity contribution in [1.82, 2.24) is 19.5 Å². The molecule has 3 rings (SSSR count). The van der Waals surface area contributed by atoms with Crippen LogP contribution in [0.25, 0.3) is 11.2 Å². The van der Waals surface area contributed by atoms with Crippen molar-refractivity contribution in [3.63, 3.8) is 0 Å². The first-order chi connectivity index (χ1) is 13.1. The van der Waals surface area contributed by atoms with Crippen molar-refractivity contribution in [2.24, 2.45) is 0 Å². The fourth-order valence-electron chi connectivity index (χ4n) is 2.70. The van der Waals surface area contributed by atoms with Crippen LogP contribution in [0.15, 0.2) is 24.8 Å². The number of halogens is 3. The van der Waals surface area contributed by atoms with Crippen LogP contribution in [-0.2, 0) is 9.53 Å². The number of rotatable bonds is 5. The van der Waals surface area contributed by atoms with E-state index in [0.717, 1.165) is 6.33 Å². The van der Waals surface area contributed by atoms with Crippen molar-refractivity contribution in [1.29, 1.82) is 0 Å². The van der Waals surface area contributed by atoms with Gasteiger partial charge in [-0.2, -0.15) is 24.9 Å². The van der Waals surface area contributed by atoms with Gasteiger partial charge in [-0.25, -0.2) is 15.0 Å². The summed E-state index contributed by atoms with van der Waals surface area (Å²) in [4.78, 5) is 23.5. The summed E-state index contributed by atoms with van der Waals surface area (Å²) in [5, 5.41) is 22.4. The Labute approximate surface area is 160 Å². The number of amides is 1. The molecule has 0 unspecified atom stereocenters. The monoisotopic (exact) mass is 419 g/mol. The molecule has 13 heteroatoms. The lowest BCUT2D eigenvalue weighted by Gasteiger charge is -2.16. The first-order valence-electron chi connectivity index (χ1n) is 7.90. The molecule has 0 saturated carbocycles. The minimum absolute atomic E-state index is 0.00979. The van der Waals surface area contributed by atoms with Crippen LogP contribution >= 0.6 is 11.8 Å². The van der Waals surface area contributed by atoms with Crippen molar-refractivity contribution in [3.05, 3.63) is 24.8 Å².